The molecule has 8 nitrogen and oxygen atoms in total. The van der Waals surface area contributed by atoms with Gasteiger partial charge in [-0.05, 0) is 42.3 Å². The number of fused-ring (bicyclic) bond motifs is 1. The maximum Gasteiger partial charge on any atom is 0.227 e. The van der Waals surface area contributed by atoms with Gasteiger partial charge in [0.25, 0.3) is 0 Å². The van der Waals surface area contributed by atoms with Crippen LogP contribution in [-0.4, -0.2) is 38.7 Å². The van der Waals surface area contributed by atoms with E-state index in [1.54, 1.807) is 12.3 Å². The van der Waals surface area contributed by atoms with Crippen LogP contribution in [-0.2, 0) is 22.6 Å². The van der Waals surface area contributed by atoms with Crippen molar-refractivity contribution in [3.63, 3.8) is 0 Å². The molecule has 0 radical (unpaired) electrons. The van der Waals surface area contributed by atoms with Crippen molar-refractivity contribution >= 4 is 29.0 Å². The highest BCUT2D eigenvalue weighted by Crippen LogP contribution is 2.29. The summed E-state index contributed by atoms with van der Waals surface area (Å²) in [5.74, 6) is 1.89. The van der Waals surface area contributed by atoms with Crippen molar-refractivity contribution < 1.29 is 14.0 Å². The molecule has 0 unspecified atom stereocenters. The molecule has 2 aromatic heterocycles. The smallest absolute Gasteiger partial charge is 0.227 e. The number of oxazole rings is 1. The number of aromatic amines is 1. The van der Waals surface area contributed by atoms with Gasteiger partial charge in [0, 0.05) is 23.4 Å². The molecule has 0 atom stereocenters. The first-order valence-electron chi connectivity index (χ1n) is 12.2. The average molecular weight is 494 g/mol. The molecule has 5 aromatic rings. The first-order valence-corrected chi connectivity index (χ1v) is 12.2. The Labute approximate surface area is 214 Å². The molecular weight excluding hydrogens is 466 g/mol. The van der Waals surface area contributed by atoms with Crippen molar-refractivity contribution in [3.8, 4) is 22.8 Å². The van der Waals surface area contributed by atoms with Gasteiger partial charge in [-0.15, -0.1) is 0 Å². The normalized spacial score (nSPS) is 10.9. The predicted octanol–water partition coefficient (Wildman–Crippen LogP) is 5.43. The number of hydrogen-bond donors (Lipinski definition) is 2. The number of nitrogens with zero attached hydrogens (tertiary/aromatic N) is 3. The lowest BCUT2D eigenvalue weighted by Gasteiger charge is -2.21. The molecule has 0 aliphatic heterocycles. The van der Waals surface area contributed by atoms with Gasteiger partial charge < -0.3 is 19.6 Å². The summed E-state index contributed by atoms with van der Waals surface area (Å²) in [5, 5.41) is 2.64. The minimum Gasteiger partial charge on any atom is -0.436 e. The monoisotopic (exact) mass is 493 g/mol. The third-order valence-corrected chi connectivity index (χ3v) is 6.04. The predicted molar refractivity (Wildman–Crippen MR) is 143 cm³/mol. The van der Waals surface area contributed by atoms with Crippen LogP contribution in [0.5, 0.6) is 0 Å². The van der Waals surface area contributed by atoms with E-state index < -0.39 is 0 Å². The van der Waals surface area contributed by atoms with Crippen LogP contribution >= 0.6 is 0 Å². The lowest BCUT2D eigenvalue weighted by Crippen LogP contribution is -2.33. The minimum absolute atomic E-state index is 0.0777. The number of rotatable bonds is 10. The summed E-state index contributed by atoms with van der Waals surface area (Å²) in [4.78, 5) is 38.1. The van der Waals surface area contributed by atoms with E-state index in [4.69, 9.17) is 9.40 Å². The Morgan fingerprint density at radius 2 is 1.92 bits per heavy atom. The number of hydrogen-bond acceptors (Lipinski definition) is 5. The number of anilines is 1. The van der Waals surface area contributed by atoms with Crippen LogP contribution in [0.4, 0.5) is 5.69 Å². The van der Waals surface area contributed by atoms with Gasteiger partial charge in [0.05, 0.1) is 30.2 Å². The van der Waals surface area contributed by atoms with Gasteiger partial charge in [-0.2, -0.15) is 0 Å². The van der Waals surface area contributed by atoms with Gasteiger partial charge in [-0.3, -0.25) is 9.59 Å². The average Bonchev–Trinajstić information content (AvgIpc) is 3.56. The first kappa shape index (κ1) is 24.0. The molecule has 2 N–H and O–H groups in total. The summed E-state index contributed by atoms with van der Waals surface area (Å²) in [6.07, 6.45) is 3.54. The minimum atomic E-state index is 0.0777. The van der Waals surface area contributed by atoms with Gasteiger partial charge in [0.2, 0.25) is 18.2 Å². The number of H-pyrrole nitrogens is 1. The molecule has 0 bridgehead atoms. The molecule has 0 spiro atoms. The Balaban J connectivity index is 1.34. The zero-order chi connectivity index (χ0) is 25.6. The van der Waals surface area contributed by atoms with Crippen molar-refractivity contribution in [2.45, 2.75) is 26.3 Å². The molecule has 0 fully saturated rings. The summed E-state index contributed by atoms with van der Waals surface area (Å²) in [7, 11) is 0. The van der Waals surface area contributed by atoms with Crippen molar-refractivity contribution in [3.05, 3.63) is 90.4 Å². The van der Waals surface area contributed by atoms with Gasteiger partial charge in [-0.25, -0.2) is 9.97 Å². The maximum atomic E-state index is 13.0. The van der Waals surface area contributed by atoms with Crippen LogP contribution in [0.1, 0.15) is 24.7 Å². The van der Waals surface area contributed by atoms with E-state index in [1.807, 2.05) is 71.6 Å². The van der Waals surface area contributed by atoms with E-state index in [2.05, 4.69) is 22.2 Å². The van der Waals surface area contributed by atoms with Crippen molar-refractivity contribution in [2.75, 3.05) is 11.9 Å². The molecule has 3 aromatic carbocycles. The summed E-state index contributed by atoms with van der Waals surface area (Å²) in [6.45, 7) is 3.14. The SMILES string of the molecule is CCCN(Cc1nc2ccc(-c3ncc(-c4cccc(NC=O)c4)o3)cc2[nH]1)C(=O)Cc1ccccc1. The molecule has 2 amide bonds. The molecule has 186 valence electrons. The van der Waals surface area contributed by atoms with Gasteiger partial charge >= 0.3 is 0 Å². The summed E-state index contributed by atoms with van der Waals surface area (Å²) in [6, 6.07) is 22.9. The van der Waals surface area contributed by atoms with E-state index >= 15 is 0 Å². The second-order valence-corrected chi connectivity index (χ2v) is 8.77. The van der Waals surface area contributed by atoms with Crippen LogP contribution in [0.3, 0.4) is 0 Å². The van der Waals surface area contributed by atoms with E-state index in [9.17, 15) is 9.59 Å². The number of aromatic nitrogens is 3. The fourth-order valence-corrected chi connectivity index (χ4v) is 4.27. The lowest BCUT2D eigenvalue weighted by atomic mass is 10.1. The van der Waals surface area contributed by atoms with Gasteiger partial charge in [0.1, 0.15) is 5.82 Å². The van der Waals surface area contributed by atoms with E-state index in [-0.39, 0.29) is 5.91 Å². The standard InChI is InChI=1S/C29H27N5O3/c1-2-13-34(28(36)14-20-7-4-3-5-8-20)18-27-32-24-12-11-22(16-25(24)33-27)29-30-17-26(37-29)21-9-6-10-23(15-21)31-19-35/h3-12,15-17,19H,2,13-14,18H2,1H3,(H,31,35)(H,32,33). The number of carbonyl (C=O) groups excluding carboxylic acids is 2. The van der Waals surface area contributed by atoms with Crippen molar-refractivity contribution in [2.24, 2.45) is 0 Å². The molecule has 8 heteroatoms. The van der Waals surface area contributed by atoms with Gasteiger partial charge in [-0.1, -0.05) is 49.4 Å². The molecule has 0 saturated carbocycles. The number of nitrogens with one attached hydrogen (secondary N) is 2. The van der Waals surface area contributed by atoms with Crippen LogP contribution in [0.25, 0.3) is 33.8 Å². The molecule has 5 rings (SSSR count). The fourth-order valence-electron chi connectivity index (χ4n) is 4.27. The molecule has 2 heterocycles. The topological polar surface area (TPSA) is 104 Å². The Hall–Kier alpha value is -4.72. The number of carbonyl (C=O) groups is 2. The number of imidazole rings is 1. The van der Waals surface area contributed by atoms with Crippen LogP contribution in [0.2, 0.25) is 0 Å². The molecule has 0 aliphatic rings. The maximum absolute atomic E-state index is 13.0. The van der Waals surface area contributed by atoms with Crippen molar-refractivity contribution in [1.29, 1.82) is 0 Å². The Morgan fingerprint density at radius 3 is 2.73 bits per heavy atom. The fraction of sp³-hybridized carbons (Fsp3) is 0.172. The van der Waals surface area contributed by atoms with E-state index in [0.717, 1.165) is 40.0 Å². The summed E-state index contributed by atoms with van der Waals surface area (Å²) in [5.41, 5.74) is 4.95. The van der Waals surface area contributed by atoms with Crippen LogP contribution in [0.15, 0.2) is 83.4 Å². The quantitative estimate of drug-likeness (QED) is 0.252. The van der Waals surface area contributed by atoms with Crippen LogP contribution < -0.4 is 5.32 Å². The molecule has 0 saturated heterocycles. The van der Waals surface area contributed by atoms with E-state index in [0.29, 0.717) is 43.3 Å². The molecular formula is C29H27N5O3. The second-order valence-electron chi connectivity index (χ2n) is 8.77. The molecule has 0 aliphatic carbocycles. The highest BCUT2D eigenvalue weighted by molar-refractivity contribution is 5.81. The van der Waals surface area contributed by atoms with Crippen molar-refractivity contribution in [1.82, 2.24) is 19.9 Å². The summed E-state index contributed by atoms with van der Waals surface area (Å²) < 4.78 is 6.01. The Kier molecular flexibility index (Phi) is 7.07. The summed E-state index contributed by atoms with van der Waals surface area (Å²) >= 11 is 0. The number of amides is 2. The van der Waals surface area contributed by atoms with Crippen LogP contribution in [0, 0.1) is 0 Å². The third kappa shape index (κ3) is 5.59. The van der Waals surface area contributed by atoms with Gasteiger partial charge in [0.15, 0.2) is 5.76 Å². The third-order valence-electron chi connectivity index (χ3n) is 6.04. The highest BCUT2D eigenvalue weighted by atomic mass is 16.4. The Morgan fingerprint density at radius 1 is 1.05 bits per heavy atom. The zero-order valence-electron chi connectivity index (χ0n) is 20.5. The lowest BCUT2D eigenvalue weighted by molar-refractivity contribution is -0.131. The van der Waals surface area contributed by atoms with E-state index in [1.165, 1.54) is 0 Å². The Bertz CT molecular complexity index is 1520. The largest absolute Gasteiger partial charge is 0.436 e. The highest BCUT2D eigenvalue weighted by Gasteiger charge is 2.17. The second kappa shape index (κ2) is 10.9. The number of benzene rings is 3. The molecule has 37 heavy (non-hydrogen) atoms. The zero-order valence-corrected chi connectivity index (χ0v) is 20.5. The first-order chi connectivity index (χ1) is 18.1.